The molecule has 2 unspecified atom stereocenters. The second-order valence-corrected chi connectivity index (χ2v) is 5.53. The van der Waals surface area contributed by atoms with Gasteiger partial charge in [-0.1, -0.05) is 37.3 Å². The molecule has 1 aromatic rings. The van der Waals surface area contributed by atoms with E-state index >= 15 is 0 Å². The summed E-state index contributed by atoms with van der Waals surface area (Å²) in [5.41, 5.74) is 1.17. The van der Waals surface area contributed by atoms with Crippen molar-refractivity contribution in [3.05, 3.63) is 35.9 Å². The van der Waals surface area contributed by atoms with Gasteiger partial charge in [0.1, 0.15) is 6.17 Å². The number of benzene rings is 1. The van der Waals surface area contributed by atoms with Gasteiger partial charge < -0.3 is 9.64 Å². The first kappa shape index (κ1) is 13.6. The summed E-state index contributed by atoms with van der Waals surface area (Å²) >= 11 is 0. The van der Waals surface area contributed by atoms with Gasteiger partial charge in [0.05, 0.1) is 6.04 Å². The zero-order valence-corrected chi connectivity index (χ0v) is 11.9. The van der Waals surface area contributed by atoms with Crippen LogP contribution in [0, 0.1) is 0 Å². The van der Waals surface area contributed by atoms with Crippen molar-refractivity contribution in [2.75, 3.05) is 13.2 Å². The van der Waals surface area contributed by atoms with E-state index in [-0.39, 0.29) is 18.1 Å². The molecule has 108 valence electrons. The molecular weight excluding hydrogens is 252 g/mol. The monoisotopic (exact) mass is 274 g/mol. The van der Waals surface area contributed by atoms with Crippen molar-refractivity contribution < 1.29 is 9.53 Å². The summed E-state index contributed by atoms with van der Waals surface area (Å²) in [5.74, 6) is 0.244. The summed E-state index contributed by atoms with van der Waals surface area (Å²) in [6.07, 6.45) is 2.72. The van der Waals surface area contributed by atoms with Crippen LogP contribution in [0.5, 0.6) is 0 Å². The molecule has 0 radical (unpaired) electrons. The minimum atomic E-state index is -0.0527. The van der Waals surface area contributed by atoms with Gasteiger partial charge in [0.2, 0.25) is 5.91 Å². The number of nitrogens with zero attached hydrogens (tertiary/aromatic N) is 1. The molecule has 0 saturated carbocycles. The highest BCUT2D eigenvalue weighted by Crippen LogP contribution is 2.31. The van der Waals surface area contributed by atoms with Gasteiger partial charge in [-0.25, -0.2) is 0 Å². The highest BCUT2D eigenvalue weighted by atomic mass is 16.5. The number of carbonyl (C=O) groups excluding carboxylic acids is 1. The van der Waals surface area contributed by atoms with Crippen LogP contribution in [0.4, 0.5) is 0 Å². The number of amides is 1. The van der Waals surface area contributed by atoms with E-state index in [0.717, 1.165) is 32.5 Å². The summed E-state index contributed by atoms with van der Waals surface area (Å²) in [6, 6.07) is 10.5. The van der Waals surface area contributed by atoms with E-state index in [1.165, 1.54) is 5.56 Å². The molecule has 2 aliphatic heterocycles. The van der Waals surface area contributed by atoms with Gasteiger partial charge in [0, 0.05) is 19.3 Å². The molecule has 2 aliphatic rings. The number of nitrogens with one attached hydrogen (secondary N) is 1. The average molecular weight is 274 g/mol. The molecule has 2 fully saturated rings. The summed E-state index contributed by atoms with van der Waals surface area (Å²) in [5, 5.41) is 3.49. The van der Waals surface area contributed by atoms with Crippen molar-refractivity contribution in [2.24, 2.45) is 0 Å². The Morgan fingerprint density at radius 2 is 1.95 bits per heavy atom. The van der Waals surface area contributed by atoms with Gasteiger partial charge in [-0.2, -0.15) is 0 Å². The second-order valence-electron chi connectivity index (χ2n) is 5.53. The van der Waals surface area contributed by atoms with Gasteiger partial charge in [-0.05, 0) is 24.8 Å². The maximum absolute atomic E-state index is 12.6. The highest BCUT2D eigenvalue weighted by molar-refractivity contribution is 5.84. The minimum absolute atomic E-state index is 0.0109. The Kier molecular flexibility index (Phi) is 4.03. The largest absolute Gasteiger partial charge is 0.381 e. The van der Waals surface area contributed by atoms with E-state index in [9.17, 15) is 4.79 Å². The predicted molar refractivity (Wildman–Crippen MR) is 77.1 cm³/mol. The molecule has 2 saturated heterocycles. The summed E-state index contributed by atoms with van der Waals surface area (Å²) in [4.78, 5) is 14.7. The lowest BCUT2D eigenvalue weighted by Crippen LogP contribution is -2.43. The minimum Gasteiger partial charge on any atom is -0.381 e. The normalized spacial score (nSPS) is 28.1. The van der Waals surface area contributed by atoms with Gasteiger partial charge in [-0.3, -0.25) is 10.1 Å². The number of rotatable bonds is 3. The Balaban J connectivity index is 1.87. The van der Waals surface area contributed by atoms with Crippen LogP contribution in [0.2, 0.25) is 0 Å². The van der Waals surface area contributed by atoms with Crippen LogP contribution < -0.4 is 5.32 Å². The van der Waals surface area contributed by atoms with Crippen LogP contribution in [-0.4, -0.2) is 36.1 Å². The quantitative estimate of drug-likeness (QED) is 0.917. The van der Waals surface area contributed by atoms with Crippen LogP contribution in [0.25, 0.3) is 0 Å². The fourth-order valence-electron chi connectivity index (χ4n) is 3.19. The first-order chi connectivity index (χ1) is 9.81. The van der Waals surface area contributed by atoms with Crippen LogP contribution >= 0.6 is 0 Å². The van der Waals surface area contributed by atoms with Gasteiger partial charge in [-0.15, -0.1) is 0 Å². The number of hydrogen-bond donors (Lipinski definition) is 1. The van der Waals surface area contributed by atoms with E-state index in [4.69, 9.17) is 4.74 Å². The average Bonchev–Trinajstić information content (AvgIpc) is 2.86. The fraction of sp³-hybridized carbons (Fsp3) is 0.562. The van der Waals surface area contributed by atoms with Crippen LogP contribution in [0.1, 0.15) is 37.9 Å². The Bertz CT molecular complexity index is 457. The zero-order chi connectivity index (χ0) is 13.9. The number of ether oxygens (including phenoxy) is 1. The first-order valence-electron chi connectivity index (χ1n) is 7.52. The summed E-state index contributed by atoms with van der Waals surface area (Å²) < 4.78 is 5.43. The molecule has 0 aliphatic carbocycles. The number of carbonyl (C=O) groups is 1. The maximum Gasteiger partial charge on any atom is 0.241 e. The highest BCUT2D eigenvalue weighted by Gasteiger charge is 2.42. The van der Waals surface area contributed by atoms with Gasteiger partial charge in [0.15, 0.2) is 0 Å². The number of hydrogen-bond acceptors (Lipinski definition) is 3. The lowest BCUT2D eigenvalue weighted by Gasteiger charge is -2.35. The molecule has 2 heterocycles. The van der Waals surface area contributed by atoms with Crippen molar-refractivity contribution in [1.82, 2.24) is 10.2 Å². The molecule has 0 aromatic heterocycles. The van der Waals surface area contributed by atoms with Gasteiger partial charge in [0.25, 0.3) is 0 Å². The van der Waals surface area contributed by atoms with E-state index in [1.54, 1.807) is 0 Å². The third-order valence-corrected chi connectivity index (χ3v) is 4.30. The van der Waals surface area contributed by atoms with Crippen molar-refractivity contribution >= 4 is 5.91 Å². The molecule has 1 N–H and O–H groups in total. The lowest BCUT2D eigenvalue weighted by molar-refractivity contribution is -0.134. The van der Waals surface area contributed by atoms with E-state index in [1.807, 2.05) is 18.2 Å². The van der Waals surface area contributed by atoms with E-state index in [2.05, 4.69) is 29.3 Å². The summed E-state index contributed by atoms with van der Waals surface area (Å²) in [7, 11) is 0. The van der Waals surface area contributed by atoms with Gasteiger partial charge >= 0.3 is 0 Å². The summed E-state index contributed by atoms with van der Waals surface area (Å²) in [6.45, 7) is 3.57. The molecule has 4 nitrogen and oxygen atoms in total. The van der Waals surface area contributed by atoms with E-state index < -0.39 is 0 Å². The molecule has 4 heteroatoms. The van der Waals surface area contributed by atoms with E-state index in [0.29, 0.717) is 6.04 Å². The Hall–Kier alpha value is -1.39. The second kappa shape index (κ2) is 5.94. The molecular formula is C16H22N2O2. The fourth-order valence-corrected chi connectivity index (χ4v) is 3.19. The smallest absolute Gasteiger partial charge is 0.241 e. The standard InChI is InChI=1S/C16H22N2O2/c1-2-14-16(19)18(13-8-10-20-11-9-13)15(17-14)12-6-4-3-5-7-12/h3-7,13-15,17H,2,8-11H2,1H3. The van der Waals surface area contributed by atoms with Crippen molar-refractivity contribution in [3.8, 4) is 0 Å². The third kappa shape index (κ3) is 2.45. The molecule has 0 spiro atoms. The van der Waals surface area contributed by atoms with Crippen LogP contribution in [0.15, 0.2) is 30.3 Å². The Morgan fingerprint density at radius 1 is 1.25 bits per heavy atom. The van der Waals surface area contributed by atoms with Crippen LogP contribution in [0.3, 0.4) is 0 Å². The first-order valence-corrected chi connectivity index (χ1v) is 7.52. The molecule has 3 rings (SSSR count). The molecule has 1 amide bonds. The van der Waals surface area contributed by atoms with Crippen molar-refractivity contribution in [1.29, 1.82) is 0 Å². The zero-order valence-electron chi connectivity index (χ0n) is 11.9. The lowest BCUT2D eigenvalue weighted by atomic mass is 10.0. The SMILES string of the molecule is CCC1NC(c2ccccc2)N(C2CCOCC2)C1=O. The molecule has 20 heavy (non-hydrogen) atoms. The third-order valence-electron chi connectivity index (χ3n) is 4.30. The van der Waals surface area contributed by atoms with Crippen molar-refractivity contribution in [3.63, 3.8) is 0 Å². The Labute approximate surface area is 120 Å². The molecule has 1 aromatic carbocycles. The predicted octanol–water partition coefficient (Wildman–Crippen LogP) is 2.07. The maximum atomic E-state index is 12.6. The van der Waals surface area contributed by atoms with Crippen LogP contribution in [-0.2, 0) is 9.53 Å². The van der Waals surface area contributed by atoms with Crippen molar-refractivity contribution in [2.45, 2.75) is 44.4 Å². The molecule has 2 atom stereocenters. The molecule has 0 bridgehead atoms. The topological polar surface area (TPSA) is 41.6 Å². The Morgan fingerprint density at radius 3 is 2.60 bits per heavy atom.